The van der Waals surface area contributed by atoms with Gasteiger partial charge < -0.3 is 10.6 Å². The lowest BCUT2D eigenvalue weighted by Crippen LogP contribution is -2.27. The molecule has 9 heteroatoms. The summed E-state index contributed by atoms with van der Waals surface area (Å²) < 4.78 is 26.9. The highest BCUT2D eigenvalue weighted by Gasteiger charge is 2.28. The molecular weight excluding hydrogens is 386 g/mol. The van der Waals surface area contributed by atoms with Crippen LogP contribution in [0.1, 0.15) is 28.1 Å². The third kappa shape index (κ3) is 4.55. The van der Waals surface area contributed by atoms with E-state index in [9.17, 15) is 18.0 Å². The van der Waals surface area contributed by atoms with Crippen LogP contribution in [0.5, 0.6) is 0 Å². The fraction of sp³-hybridized carbons (Fsp3) is 0.333. The van der Waals surface area contributed by atoms with E-state index >= 15 is 0 Å². The molecule has 0 radical (unpaired) electrons. The number of carbonyl (C=O) groups is 2. The first-order valence-corrected chi connectivity index (χ1v) is 10.9. The van der Waals surface area contributed by atoms with Crippen molar-refractivity contribution >= 4 is 38.9 Å². The largest absolute Gasteiger partial charge is 0.355 e. The zero-order valence-corrected chi connectivity index (χ0v) is 16.5. The second-order valence-corrected chi connectivity index (χ2v) is 9.55. The molecule has 2 amide bonds. The topological polar surface area (TPSA) is 95.6 Å². The highest BCUT2D eigenvalue weighted by atomic mass is 32.2. The Morgan fingerprint density at radius 2 is 1.74 bits per heavy atom. The van der Waals surface area contributed by atoms with Crippen LogP contribution in [0.4, 0.5) is 5.69 Å². The first-order valence-electron chi connectivity index (χ1n) is 8.61. The number of nitrogens with zero attached hydrogens (tertiary/aromatic N) is 1. The van der Waals surface area contributed by atoms with Gasteiger partial charge in [-0.3, -0.25) is 9.59 Å². The SMILES string of the molecule is CNC(=O)c1ccc(NC(=O)Cc2ccc(S(=O)(=O)N3CCCC3)s2)cc1. The normalized spacial score (nSPS) is 14.9. The van der Waals surface area contributed by atoms with Crippen molar-refractivity contribution in [3.63, 3.8) is 0 Å². The molecule has 27 heavy (non-hydrogen) atoms. The van der Waals surface area contributed by atoms with Gasteiger partial charge in [0.2, 0.25) is 5.91 Å². The molecule has 0 aliphatic carbocycles. The van der Waals surface area contributed by atoms with E-state index in [4.69, 9.17) is 0 Å². The van der Waals surface area contributed by atoms with E-state index in [0.29, 0.717) is 29.2 Å². The quantitative estimate of drug-likeness (QED) is 0.766. The third-order valence-corrected chi connectivity index (χ3v) is 7.74. The molecule has 7 nitrogen and oxygen atoms in total. The lowest BCUT2D eigenvalue weighted by Gasteiger charge is -2.13. The summed E-state index contributed by atoms with van der Waals surface area (Å²) in [5.74, 6) is -0.437. The standard InChI is InChI=1S/C18H21N3O4S2/c1-19-18(23)13-4-6-14(7-5-13)20-16(22)12-15-8-9-17(26-15)27(24,25)21-10-2-3-11-21/h4-9H,2-3,10-12H2,1H3,(H,19,23)(H,20,22). The monoisotopic (exact) mass is 407 g/mol. The van der Waals surface area contributed by atoms with Crippen LogP contribution in [-0.2, 0) is 21.2 Å². The Morgan fingerprint density at radius 3 is 2.37 bits per heavy atom. The first-order chi connectivity index (χ1) is 12.9. The molecule has 0 bridgehead atoms. The summed E-state index contributed by atoms with van der Waals surface area (Å²) in [4.78, 5) is 24.4. The molecule has 1 aliphatic heterocycles. The van der Waals surface area contributed by atoms with Crippen molar-refractivity contribution in [1.82, 2.24) is 9.62 Å². The van der Waals surface area contributed by atoms with E-state index in [1.165, 1.54) is 4.31 Å². The second kappa shape index (κ2) is 8.20. The van der Waals surface area contributed by atoms with Crippen molar-refractivity contribution in [2.45, 2.75) is 23.5 Å². The molecule has 2 heterocycles. The summed E-state index contributed by atoms with van der Waals surface area (Å²) in [7, 11) is -1.89. The summed E-state index contributed by atoms with van der Waals surface area (Å²) in [6.07, 6.45) is 1.87. The Labute approximate surface area is 162 Å². The number of sulfonamides is 1. The molecule has 2 N–H and O–H groups in total. The van der Waals surface area contributed by atoms with Gasteiger partial charge in [-0.25, -0.2) is 8.42 Å². The average molecular weight is 408 g/mol. The minimum absolute atomic E-state index is 0.0946. The van der Waals surface area contributed by atoms with Crippen molar-refractivity contribution in [2.75, 3.05) is 25.5 Å². The molecule has 3 rings (SSSR count). The van der Waals surface area contributed by atoms with Crippen molar-refractivity contribution in [3.05, 3.63) is 46.8 Å². The van der Waals surface area contributed by atoms with Crippen LogP contribution in [0.2, 0.25) is 0 Å². The van der Waals surface area contributed by atoms with Crippen LogP contribution in [0.25, 0.3) is 0 Å². The molecule has 0 spiro atoms. The molecule has 1 aliphatic rings. The van der Waals surface area contributed by atoms with E-state index in [1.54, 1.807) is 43.4 Å². The number of benzene rings is 1. The van der Waals surface area contributed by atoms with Crippen LogP contribution < -0.4 is 10.6 Å². The van der Waals surface area contributed by atoms with Crippen LogP contribution in [0, 0.1) is 0 Å². The van der Waals surface area contributed by atoms with Gasteiger partial charge in [0, 0.05) is 36.3 Å². The average Bonchev–Trinajstić information content (AvgIpc) is 3.34. The summed E-state index contributed by atoms with van der Waals surface area (Å²) >= 11 is 1.13. The highest BCUT2D eigenvalue weighted by molar-refractivity contribution is 7.91. The fourth-order valence-corrected chi connectivity index (χ4v) is 5.89. The van der Waals surface area contributed by atoms with Crippen molar-refractivity contribution < 1.29 is 18.0 Å². The maximum atomic E-state index is 12.5. The molecule has 0 saturated carbocycles. The van der Waals surface area contributed by atoms with Crippen LogP contribution in [0.15, 0.2) is 40.6 Å². The highest BCUT2D eigenvalue weighted by Crippen LogP contribution is 2.27. The number of hydrogen-bond donors (Lipinski definition) is 2. The maximum Gasteiger partial charge on any atom is 0.252 e. The molecule has 144 valence electrons. The number of nitrogens with one attached hydrogen (secondary N) is 2. The zero-order chi connectivity index (χ0) is 19.4. The Kier molecular flexibility index (Phi) is 5.93. The molecule has 1 fully saturated rings. The Bertz CT molecular complexity index is 930. The van der Waals surface area contributed by atoms with Crippen molar-refractivity contribution in [1.29, 1.82) is 0 Å². The Hall–Kier alpha value is -2.23. The molecule has 1 saturated heterocycles. The first kappa shape index (κ1) is 19.5. The van der Waals surface area contributed by atoms with E-state index in [-0.39, 0.29) is 22.4 Å². The molecule has 2 aromatic rings. The van der Waals surface area contributed by atoms with Gasteiger partial charge in [0.25, 0.3) is 15.9 Å². The van der Waals surface area contributed by atoms with Crippen LogP contribution in [0.3, 0.4) is 0 Å². The van der Waals surface area contributed by atoms with E-state index < -0.39 is 10.0 Å². The zero-order valence-electron chi connectivity index (χ0n) is 14.9. The molecule has 0 atom stereocenters. The van der Waals surface area contributed by atoms with Crippen molar-refractivity contribution in [3.8, 4) is 0 Å². The number of rotatable bonds is 6. The third-order valence-electron chi connectivity index (χ3n) is 4.29. The second-order valence-electron chi connectivity index (χ2n) is 6.21. The number of amides is 2. The summed E-state index contributed by atoms with van der Waals surface area (Å²) in [5.41, 5.74) is 1.08. The summed E-state index contributed by atoms with van der Waals surface area (Å²) in [6, 6.07) is 9.81. The maximum absolute atomic E-state index is 12.5. The Morgan fingerprint density at radius 1 is 1.07 bits per heavy atom. The van der Waals surface area contributed by atoms with Crippen molar-refractivity contribution in [2.24, 2.45) is 0 Å². The number of hydrogen-bond acceptors (Lipinski definition) is 5. The van der Waals surface area contributed by atoms with E-state index in [1.807, 2.05) is 0 Å². The smallest absolute Gasteiger partial charge is 0.252 e. The van der Waals surface area contributed by atoms with Gasteiger partial charge in [-0.05, 0) is 49.2 Å². The molecule has 1 aromatic heterocycles. The van der Waals surface area contributed by atoms with Crippen LogP contribution >= 0.6 is 11.3 Å². The lowest BCUT2D eigenvalue weighted by atomic mass is 10.2. The van der Waals surface area contributed by atoms with Gasteiger partial charge in [0.1, 0.15) is 4.21 Å². The summed E-state index contributed by atoms with van der Waals surface area (Å²) in [5, 5.41) is 5.29. The van der Waals surface area contributed by atoms with Crippen LogP contribution in [-0.4, -0.2) is 44.7 Å². The van der Waals surface area contributed by atoms with E-state index in [2.05, 4.69) is 10.6 Å². The van der Waals surface area contributed by atoms with Gasteiger partial charge in [0.15, 0.2) is 0 Å². The van der Waals surface area contributed by atoms with Gasteiger partial charge in [-0.1, -0.05) is 0 Å². The number of thiophene rings is 1. The summed E-state index contributed by atoms with van der Waals surface area (Å²) in [6.45, 7) is 1.12. The predicted molar refractivity (Wildman–Crippen MR) is 104 cm³/mol. The number of carbonyl (C=O) groups excluding carboxylic acids is 2. The van der Waals surface area contributed by atoms with E-state index in [0.717, 1.165) is 24.2 Å². The van der Waals surface area contributed by atoms with Gasteiger partial charge >= 0.3 is 0 Å². The lowest BCUT2D eigenvalue weighted by molar-refractivity contribution is -0.115. The van der Waals surface area contributed by atoms with Gasteiger partial charge in [0.05, 0.1) is 6.42 Å². The number of anilines is 1. The minimum atomic E-state index is -3.45. The fourth-order valence-electron chi connectivity index (χ4n) is 2.86. The molecule has 0 unspecified atom stereocenters. The van der Waals surface area contributed by atoms with Gasteiger partial charge in [-0.2, -0.15) is 4.31 Å². The molecular formula is C18H21N3O4S2. The molecule has 1 aromatic carbocycles. The minimum Gasteiger partial charge on any atom is -0.355 e. The Balaban J connectivity index is 1.62. The van der Waals surface area contributed by atoms with Gasteiger partial charge in [-0.15, -0.1) is 11.3 Å². The predicted octanol–water partition coefficient (Wildman–Crippen LogP) is 2.07.